The average Bonchev–Trinajstić information content (AvgIpc) is 0.784. The van der Waals surface area contributed by atoms with Crippen molar-refractivity contribution in [2.24, 2.45) is 41.4 Å². The number of cyclic esters (lactones) is 2. The lowest BCUT2D eigenvalue weighted by Gasteiger charge is -2.49. The zero-order chi connectivity index (χ0) is 75.3. The van der Waals surface area contributed by atoms with Crippen LogP contribution in [0.3, 0.4) is 0 Å². The third-order valence-corrected chi connectivity index (χ3v) is 22.8. The third kappa shape index (κ3) is 20.9. The zero-order valence-corrected chi connectivity index (χ0v) is 63.8. The molecule has 0 saturated carbocycles. The van der Waals surface area contributed by atoms with Gasteiger partial charge in [0.05, 0.1) is 95.3 Å². The van der Waals surface area contributed by atoms with Crippen LogP contribution < -0.4 is 0 Å². The Balaban J connectivity index is 0.000000357. The summed E-state index contributed by atoms with van der Waals surface area (Å²) < 4.78 is 74.1. The largest absolute Gasteiger partial charge is 0.462 e. The van der Waals surface area contributed by atoms with Crippen LogP contribution in [0.4, 0.5) is 0 Å². The molecule has 9 N–H and O–H groups in total. The quantitative estimate of drug-likeness (QED) is 0.111. The Morgan fingerprint density at radius 2 is 0.869 bits per heavy atom. The molecule has 6 aliphatic rings. The standard InChI is InChI=1S/C36H65NO13.C36H65NO12/c1-13-26-36(9,44)25(39)15-24(38)18(2)16-34(7,43)31(50-33-28(40)23(37(10)11)14-19(3)46-33)20(4)29(21(5)32(42)48-26)49-27-17-35(8,45-12)30(41)22(6)47-27;1-13-27-20(4)26(39)15-25(38)18(2)16-35(8,43)32(49-34-29(40)24(37(10)11)14-19(3)45-34)21(5)30(22(6)33(42)47-27)48-28-17-36(9,44-12)31(41)23(7)46-28/h18-23,25-31,33,39-41,43-44H,13-17H2,1-12H3;18-24,26-32,34,39-41,43H,13-17H2,1-12H3/t18-,19-,20+,21-,22+,23+,25-,26-,27?,28-,29?,30+,31-,33?,34-,35-,36+;18-,19-,20-,21+,22-,23+,24+,26-,27-,28?,29-,30?,31+,32-,34?,35-,36-/m11/s1. The van der Waals surface area contributed by atoms with Gasteiger partial charge in [-0.1, -0.05) is 48.5 Å². The molecule has 0 spiro atoms. The molecule has 27 nitrogen and oxygen atoms in total. The second-order valence-electron chi connectivity index (χ2n) is 31.8. The van der Waals surface area contributed by atoms with Gasteiger partial charge >= 0.3 is 11.9 Å². The second kappa shape index (κ2) is 35.7. The lowest BCUT2D eigenvalue weighted by atomic mass is 9.76. The molecule has 0 aromatic heterocycles. The minimum Gasteiger partial charge on any atom is -0.462 e. The molecule has 6 saturated heterocycles. The van der Waals surface area contributed by atoms with E-state index in [9.17, 15) is 65.1 Å². The predicted octanol–water partition coefficient (Wildman–Crippen LogP) is 3.96. The van der Waals surface area contributed by atoms with Gasteiger partial charge in [0.25, 0.3) is 0 Å². The Hall–Kier alpha value is -2.56. The normalized spacial score (nSPS) is 48.6. The van der Waals surface area contributed by atoms with Crippen molar-refractivity contribution >= 4 is 23.5 Å². The number of aliphatic hydroxyl groups is 9. The highest BCUT2D eigenvalue weighted by atomic mass is 16.7. The topological polar surface area (TPSA) is 368 Å². The molecule has 0 aromatic carbocycles. The fraction of sp³-hybridized carbons (Fsp3) is 0.944. The molecule has 34 atom stereocenters. The van der Waals surface area contributed by atoms with Crippen molar-refractivity contribution in [2.75, 3.05) is 42.4 Å². The molecule has 0 aromatic rings. The second-order valence-corrected chi connectivity index (χ2v) is 31.8. The van der Waals surface area contributed by atoms with Gasteiger partial charge in [0, 0.05) is 81.6 Å². The number of nitrogens with zero attached hydrogens (tertiary/aromatic N) is 2. The minimum atomic E-state index is -1.97. The summed E-state index contributed by atoms with van der Waals surface area (Å²) in [6, 6.07) is -0.613. The van der Waals surface area contributed by atoms with Gasteiger partial charge in [-0.2, -0.15) is 0 Å². The van der Waals surface area contributed by atoms with E-state index in [-0.39, 0.29) is 68.6 Å². The first-order valence-corrected chi connectivity index (χ1v) is 36.1. The fourth-order valence-corrected chi connectivity index (χ4v) is 15.9. The number of Topliss-reactive ketones (excluding diaryl/α,β-unsaturated/α-hetero) is 2. The highest BCUT2D eigenvalue weighted by Gasteiger charge is 2.56. The Morgan fingerprint density at radius 1 is 0.495 bits per heavy atom. The first-order chi connectivity index (χ1) is 45.7. The summed E-state index contributed by atoms with van der Waals surface area (Å²) in [5.74, 6) is -7.60. The molecule has 6 rings (SSSR count). The molecule has 0 aliphatic carbocycles. The molecule has 0 amide bonds. The van der Waals surface area contributed by atoms with Gasteiger partial charge in [-0.3, -0.25) is 19.2 Å². The number of aliphatic hydroxyl groups excluding tert-OH is 6. The maximum atomic E-state index is 14.0. The van der Waals surface area contributed by atoms with Crippen LogP contribution in [-0.2, 0) is 76.0 Å². The number of likely N-dealkylation sites (N-methyl/N-ethyl adjacent to an activating group) is 2. The molecular weight excluding hydrogens is 1290 g/mol. The molecule has 0 radical (unpaired) electrons. The van der Waals surface area contributed by atoms with E-state index in [1.54, 1.807) is 90.0 Å². The van der Waals surface area contributed by atoms with Gasteiger partial charge in [0.15, 0.2) is 25.2 Å². The van der Waals surface area contributed by atoms with Gasteiger partial charge in [0.1, 0.15) is 53.8 Å². The fourth-order valence-electron chi connectivity index (χ4n) is 15.9. The Bertz CT molecular complexity index is 2560. The molecule has 6 fully saturated rings. The molecule has 6 heterocycles. The van der Waals surface area contributed by atoms with Gasteiger partial charge in [0.2, 0.25) is 0 Å². The lowest BCUT2D eigenvalue weighted by Crippen LogP contribution is -2.61. The van der Waals surface area contributed by atoms with E-state index in [0.29, 0.717) is 19.3 Å². The van der Waals surface area contributed by atoms with Crippen LogP contribution >= 0.6 is 0 Å². The first kappa shape index (κ1) is 87.1. The number of ketones is 2. The van der Waals surface area contributed by atoms with Crippen molar-refractivity contribution in [1.29, 1.82) is 0 Å². The van der Waals surface area contributed by atoms with Gasteiger partial charge in [-0.25, -0.2) is 0 Å². The SMILES string of the molecule is CC[C@H]1OC(=O)[C@H](C)C(OC2C[C@@](C)(OC)[C@@H](O)[C@H](C)O2)[C@H](C)[C@@H](OC2O[C@H](C)C[C@H](N(C)C)[C@H]2O)[C@](C)(O)C[C@@H](C)C(=O)C[C@@H](O)[C@H]1C.CC[C@H]1OC(=O)[C@H](C)C(OC2C[C@@](C)(OC)[C@@H](O)[C@H](C)O2)[C@H](C)[C@@H](OC2O[C@H](C)C[C@H](N(C)C)[C@H]2O)[C@](C)(O)C[C@@H](C)C(=O)C[C@@H](O)[C@]1(C)O. The molecular formula is C72H130N2O25. The van der Waals surface area contributed by atoms with Crippen molar-refractivity contribution in [2.45, 2.75) is 352 Å². The number of hydrogen-bond acceptors (Lipinski definition) is 27. The van der Waals surface area contributed by atoms with E-state index in [1.165, 1.54) is 28.1 Å². The summed E-state index contributed by atoms with van der Waals surface area (Å²) in [6.07, 6.45) is -18.0. The van der Waals surface area contributed by atoms with Crippen LogP contribution in [0.5, 0.6) is 0 Å². The maximum Gasteiger partial charge on any atom is 0.311 e. The Kier molecular flexibility index (Phi) is 31.4. The molecule has 27 heteroatoms. The average molecular weight is 1420 g/mol. The molecule has 0 bridgehead atoms. The minimum absolute atomic E-state index is 0.0366. The molecule has 6 aliphatic heterocycles. The van der Waals surface area contributed by atoms with Crippen LogP contribution in [-0.4, -0.2) is 285 Å². The number of ether oxygens (including phenoxy) is 12. The monoisotopic (exact) mass is 1420 g/mol. The smallest absolute Gasteiger partial charge is 0.311 e. The van der Waals surface area contributed by atoms with E-state index >= 15 is 0 Å². The summed E-state index contributed by atoms with van der Waals surface area (Å²) in [5, 5.41) is 103. The number of hydrogen-bond donors (Lipinski definition) is 9. The highest BCUT2D eigenvalue weighted by Crippen LogP contribution is 2.44. The van der Waals surface area contributed by atoms with E-state index in [0.717, 1.165) is 0 Å². The van der Waals surface area contributed by atoms with Gasteiger partial charge < -0.3 is 113 Å². The molecule has 99 heavy (non-hydrogen) atoms. The summed E-state index contributed by atoms with van der Waals surface area (Å²) in [4.78, 5) is 58.6. The Labute approximate surface area is 588 Å². The van der Waals surface area contributed by atoms with Crippen molar-refractivity contribution in [3.05, 3.63) is 0 Å². The van der Waals surface area contributed by atoms with Crippen molar-refractivity contribution in [1.82, 2.24) is 9.80 Å². The van der Waals surface area contributed by atoms with Crippen molar-refractivity contribution < 1.29 is 122 Å². The van der Waals surface area contributed by atoms with Crippen molar-refractivity contribution in [3.8, 4) is 0 Å². The predicted molar refractivity (Wildman–Crippen MR) is 362 cm³/mol. The zero-order valence-electron chi connectivity index (χ0n) is 63.8. The number of esters is 2. The summed E-state index contributed by atoms with van der Waals surface area (Å²) in [5.41, 5.74) is -7.51. The van der Waals surface area contributed by atoms with Crippen molar-refractivity contribution in [3.63, 3.8) is 0 Å². The van der Waals surface area contributed by atoms with E-state index in [4.69, 9.17) is 56.8 Å². The maximum absolute atomic E-state index is 14.0. The summed E-state index contributed by atoms with van der Waals surface area (Å²) in [7, 11) is 10.4. The van der Waals surface area contributed by atoms with Crippen LogP contribution in [0, 0.1) is 41.4 Å². The third-order valence-electron chi connectivity index (χ3n) is 22.8. The van der Waals surface area contributed by atoms with Gasteiger partial charge in [-0.05, 0) is 143 Å². The lowest BCUT2D eigenvalue weighted by molar-refractivity contribution is -0.318. The van der Waals surface area contributed by atoms with Gasteiger partial charge in [-0.15, -0.1) is 0 Å². The number of carbonyl (C=O) groups excluding carboxylic acids is 4. The van der Waals surface area contributed by atoms with Crippen LogP contribution in [0.1, 0.15) is 189 Å². The van der Waals surface area contributed by atoms with E-state index in [2.05, 4.69) is 0 Å². The van der Waals surface area contributed by atoms with E-state index < -0.39 is 204 Å². The van der Waals surface area contributed by atoms with Crippen LogP contribution in [0.15, 0.2) is 0 Å². The number of methoxy groups -OCH3 is 2. The number of rotatable bonds is 14. The highest BCUT2D eigenvalue weighted by molar-refractivity contribution is 5.82. The van der Waals surface area contributed by atoms with Crippen LogP contribution in [0.25, 0.3) is 0 Å². The first-order valence-electron chi connectivity index (χ1n) is 36.1. The number of carbonyl (C=O) groups is 4. The van der Waals surface area contributed by atoms with Crippen LogP contribution in [0.2, 0.25) is 0 Å². The molecule has 578 valence electrons. The summed E-state index contributed by atoms with van der Waals surface area (Å²) in [6.45, 7) is 30.5. The Morgan fingerprint density at radius 3 is 1.22 bits per heavy atom. The molecule has 6 unspecified atom stereocenters. The van der Waals surface area contributed by atoms with E-state index in [1.807, 2.05) is 58.8 Å². The summed E-state index contributed by atoms with van der Waals surface area (Å²) >= 11 is 0.